The van der Waals surface area contributed by atoms with E-state index in [0.717, 1.165) is 36.4 Å². The van der Waals surface area contributed by atoms with E-state index < -0.39 is 57.1 Å². The molecule has 178 valence electrons. The molecule has 35 heavy (non-hydrogen) atoms. The SMILES string of the molecule is Oc1ccc(C(C=Cc2ccccc2Cl)(c2ccc(F)cc2)c2ccc(O)c(F)c2F)c(F)c1F. The fraction of sp³-hybridized carbons (Fsp3) is 0.0370. The fourth-order valence-corrected chi connectivity index (χ4v) is 4.16. The highest BCUT2D eigenvalue weighted by Crippen LogP contribution is 2.46. The van der Waals surface area contributed by atoms with Crippen molar-refractivity contribution in [2.24, 2.45) is 0 Å². The van der Waals surface area contributed by atoms with Crippen molar-refractivity contribution in [3.8, 4) is 11.5 Å². The monoisotopic (exact) mass is 502 g/mol. The van der Waals surface area contributed by atoms with Crippen LogP contribution in [0.4, 0.5) is 22.0 Å². The lowest BCUT2D eigenvalue weighted by Crippen LogP contribution is -2.30. The van der Waals surface area contributed by atoms with Crippen LogP contribution in [0.15, 0.2) is 78.9 Å². The van der Waals surface area contributed by atoms with Crippen molar-refractivity contribution < 1.29 is 32.2 Å². The minimum atomic E-state index is -2.09. The number of phenols is 2. The third-order valence-corrected chi connectivity index (χ3v) is 6.04. The molecule has 0 bridgehead atoms. The van der Waals surface area contributed by atoms with Gasteiger partial charge in [-0.2, -0.15) is 8.78 Å². The van der Waals surface area contributed by atoms with Gasteiger partial charge in [-0.05, 0) is 41.5 Å². The van der Waals surface area contributed by atoms with E-state index in [-0.39, 0.29) is 10.6 Å². The van der Waals surface area contributed by atoms with E-state index in [1.54, 1.807) is 24.3 Å². The number of rotatable bonds is 5. The van der Waals surface area contributed by atoms with Crippen LogP contribution in [0.2, 0.25) is 5.02 Å². The Morgan fingerprint density at radius 1 is 0.629 bits per heavy atom. The number of hydrogen-bond donors (Lipinski definition) is 2. The minimum Gasteiger partial charge on any atom is -0.505 e. The normalized spacial score (nSPS) is 11.8. The van der Waals surface area contributed by atoms with Crippen molar-refractivity contribution in [1.29, 1.82) is 0 Å². The lowest BCUT2D eigenvalue weighted by molar-refractivity contribution is 0.395. The quantitative estimate of drug-likeness (QED) is 0.219. The van der Waals surface area contributed by atoms with Crippen LogP contribution in [0.5, 0.6) is 11.5 Å². The Morgan fingerprint density at radius 2 is 1.14 bits per heavy atom. The van der Waals surface area contributed by atoms with Gasteiger partial charge in [-0.3, -0.25) is 0 Å². The molecule has 0 amide bonds. The highest BCUT2D eigenvalue weighted by Gasteiger charge is 2.41. The van der Waals surface area contributed by atoms with E-state index in [2.05, 4.69) is 0 Å². The van der Waals surface area contributed by atoms with Crippen molar-refractivity contribution in [3.63, 3.8) is 0 Å². The first-order valence-corrected chi connectivity index (χ1v) is 10.6. The molecule has 0 atom stereocenters. The lowest BCUT2D eigenvalue weighted by Gasteiger charge is -2.34. The standard InChI is InChI=1S/C27H16ClF5O2/c28-20-4-2-1-3-15(20)13-14-27(16-5-7-17(29)8-6-16,18-9-11-21(34)25(32)23(18)30)19-10-12-22(35)26(33)24(19)31/h1-14,34-35H. The van der Waals surface area contributed by atoms with Crippen LogP contribution >= 0.6 is 11.6 Å². The van der Waals surface area contributed by atoms with Crippen molar-refractivity contribution in [2.75, 3.05) is 0 Å². The summed E-state index contributed by atoms with van der Waals surface area (Å²) in [5, 5.41) is 19.6. The summed E-state index contributed by atoms with van der Waals surface area (Å²) in [5.74, 6) is -8.94. The van der Waals surface area contributed by atoms with Crippen LogP contribution in [0, 0.1) is 29.1 Å². The van der Waals surface area contributed by atoms with Crippen LogP contribution in [0.1, 0.15) is 22.3 Å². The maximum atomic E-state index is 15.4. The van der Waals surface area contributed by atoms with Gasteiger partial charge in [-0.15, -0.1) is 0 Å². The topological polar surface area (TPSA) is 40.5 Å². The van der Waals surface area contributed by atoms with E-state index in [9.17, 15) is 23.4 Å². The summed E-state index contributed by atoms with van der Waals surface area (Å²) in [6.45, 7) is 0. The van der Waals surface area contributed by atoms with Gasteiger partial charge in [-0.1, -0.05) is 66.2 Å². The molecule has 8 heteroatoms. The molecule has 2 N–H and O–H groups in total. The summed E-state index contributed by atoms with van der Waals surface area (Å²) in [7, 11) is 0. The summed E-state index contributed by atoms with van der Waals surface area (Å²) < 4.78 is 73.7. The van der Waals surface area contributed by atoms with Gasteiger partial charge >= 0.3 is 0 Å². The first-order valence-electron chi connectivity index (χ1n) is 10.2. The van der Waals surface area contributed by atoms with Gasteiger partial charge < -0.3 is 10.2 Å². The molecule has 0 saturated carbocycles. The molecular formula is C27H16ClF5O2. The highest BCUT2D eigenvalue weighted by atomic mass is 35.5. The number of phenolic OH excluding ortho intramolecular Hbond substituents is 2. The molecule has 0 unspecified atom stereocenters. The second kappa shape index (κ2) is 9.43. The number of aromatic hydroxyl groups is 2. The molecule has 0 spiro atoms. The molecule has 2 nitrogen and oxygen atoms in total. The van der Waals surface area contributed by atoms with Crippen molar-refractivity contribution in [3.05, 3.63) is 135 Å². The smallest absolute Gasteiger partial charge is 0.200 e. The summed E-state index contributed by atoms with van der Waals surface area (Å²) >= 11 is 6.23. The zero-order chi connectivity index (χ0) is 25.3. The molecule has 4 aromatic carbocycles. The Balaban J connectivity index is 2.17. The van der Waals surface area contributed by atoms with Gasteiger partial charge in [0.2, 0.25) is 11.6 Å². The van der Waals surface area contributed by atoms with Crippen LogP contribution in [0.3, 0.4) is 0 Å². The zero-order valence-corrected chi connectivity index (χ0v) is 18.5. The Kier molecular flexibility index (Phi) is 6.54. The predicted octanol–water partition coefficient (Wildman–Crippen LogP) is 7.49. The summed E-state index contributed by atoms with van der Waals surface area (Å²) in [4.78, 5) is 0. The van der Waals surface area contributed by atoms with Crippen LogP contribution in [-0.4, -0.2) is 10.2 Å². The predicted molar refractivity (Wildman–Crippen MR) is 123 cm³/mol. The zero-order valence-electron chi connectivity index (χ0n) is 17.7. The molecule has 0 aliphatic heterocycles. The van der Waals surface area contributed by atoms with Crippen LogP contribution in [0.25, 0.3) is 6.08 Å². The maximum absolute atomic E-state index is 15.4. The van der Waals surface area contributed by atoms with Gasteiger partial charge in [0.1, 0.15) is 5.82 Å². The molecule has 0 heterocycles. The minimum absolute atomic E-state index is 0.0372. The molecule has 0 aliphatic rings. The van der Waals surface area contributed by atoms with Crippen molar-refractivity contribution in [2.45, 2.75) is 5.41 Å². The first kappa shape index (κ1) is 24.3. The fourth-order valence-electron chi connectivity index (χ4n) is 3.96. The summed E-state index contributed by atoms with van der Waals surface area (Å²) in [6.07, 6.45) is 2.67. The van der Waals surface area contributed by atoms with Crippen LogP contribution in [-0.2, 0) is 5.41 Å². The second-order valence-corrected chi connectivity index (χ2v) is 8.10. The third kappa shape index (κ3) is 4.23. The molecule has 0 aromatic heterocycles. The number of benzene rings is 4. The Labute approximate surface area is 202 Å². The largest absolute Gasteiger partial charge is 0.505 e. The first-order chi connectivity index (χ1) is 16.7. The Morgan fingerprint density at radius 3 is 1.66 bits per heavy atom. The molecule has 0 saturated heterocycles. The third-order valence-electron chi connectivity index (χ3n) is 5.69. The van der Waals surface area contributed by atoms with Crippen molar-refractivity contribution in [1.82, 2.24) is 0 Å². The Bertz CT molecular complexity index is 1380. The van der Waals surface area contributed by atoms with E-state index >= 15 is 8.78 Å². The molecule has 4 rings (SSSR count). The number of hydrogen-bond acceptors (Lipinski definition) is 2. The molecular weight excluding hydrogens is 487 g/mol. The van der Waals surface area contributed by atoms with Gasteiger partial charge in [-0.25, -0.2) is 13.2 Å². The maximum Gasteiger partial charge on any atom is 0.200 e. The highest BCUT2D eigenvalue weighted by molar-refractivity contribution is 6.32. The average Bonchev–Trinajstić information content (AvgIpc) is 2.85. The summed E-state index contributed by atoms with van der Waals surface area (Å²) in [5.41, 5.74) is -2.65. The average molecular weight is 503 g/mol. The molecule has 4 aromatic rings. The molecule has 0 fully saturated rings. The number of halogens is 6. The van der Waals surface area contributed by atoms with Gasteiger partial charge in [0.05, 0.1) is 5.41 Å². The molecule has 0 radical (unpaired) electrons. The van der Waals surface area contributed by atoms with Gasteiger partial charge in [0.15, 0.2) is 23.1 Å². The van der Waals surface area contributed by atoms with Gasteiger partial charge in [0.25, 0.3) is 0 Å². The number of allylic oxidation sites excluding steroid dienone is 1. The Hall–Kier alpha value is -3.84. The second-order valence-electron chi connectivity index (χ2n) is 7.69. The van der Waals surface area contributed by atoms with Gasteiger partial charge in [0, 0.05) is 16.1 Å². The molecule has 0 aliphatic carbocycles. The van der Waals surface area contributed by atoms with E-state index in [4.69, 9.17) is 11.6 Å². The summed E-state index contributed by atoms with van der Waals surface area (Å²) in [6, 6.07) is 14.7. The van der Waals surface area contributed by atoms with E-state index in [1.807, 2.05) is 0 Å². The van der Waals surface area contributed by atoms with Crippen molar-refractivity contribution >= 4 is 17.7 Å². The van der Waals surface area contributed by atoms with Crippen LogP contribution < -0.4 is 0 Å². The lowest BCUT2D eigenvalue weighted by atomic mass is 9.68. The van der Waals surface area contributed by atoms with E-state index in [0.29, 0.717) is 5.56 Å². The van der Waals surface area contributed by atoms with E-state index in [1.165, 1.54) is 24.3 Å².